The van der Waals surface area contributed by atoms with Crippen LogP contribution >= 0.6 is 0 Å². The predicted molar refractivity (Wildman–Crippen MR) is 89.3 cm³/mol. The van der Waals surface area contributed by atoms with Gasteiger partial charge in [-0.05, 0) is 50.3 Å². The van der Waals surface area contributed by atoms with Crippen molar-refractivity contribution >= 4 is 0 Å². The highest BCUT2D eigenvalue weighted by Gasteiger charge is 2.11. The van der Waals surface area contributed by atoms with Gasteiger partial charge in [-0.1, -0.05) is 30.7 Å². The summed E-state index contributed by atoms with van der Waals surface area (Å²) in [5.74, 6) is 0.918. The highest BCUT2D eigenvalue weighted by atomic mass is 16.5. The van der Waals surface area contributed by atoms with Crippen molar-refractivity contribution in [1.82, 2.24) is 15.0 Å². The van der Waals surface area contributed by atoms with Crippen molar-refractivity contribution < 1.29 is 4.74 Å². The molecule has 0 aliphatic heterocycles. The maximum atomic E-state index is 9.10. The van der Waals surface area contributed by atoms with E-state index in [2.05, 4.69) is 36.3 Å². The summed E-state index contributed by atoms with van der Waals surface area (Å²) in [6, 6.07) is 10.2. The Morgan fingerprint density at radius 2 is 2.13 bits per heavy atom. The molecule has 0 spiro atoms. The Balaban J connectivity index is 1.78. The Kier molecular flexibility index (Phi) is 6.61. The molecule has 1 heterocycles. The van der Waals surface area contributed by atoms with Crippen molar-refractivity contribution in [2.75, 3.05) is 6.61 Å². The fraction of sp³-hybridized carbons (Fsp3) is 0.500. The van der Waals surface area contributed by atoms with Gasteiger partial charge in [-0.15, -0.1) is 5.10 Å². The van der Waals surface area contributed by atoms with Crippen LogP contribution in [-0.4, -0.2) is 21.6 Å². The number of rotatable bonds is 9. The summed E-state index contributed by atoms with van der Waals surface area (Å²) < 4.78 is 7.62. The van der Waals surface area contributed by atoms with E-state index in [0.29, 0.717) is 12.3 Å². The molecule has 5 nitrogen and oxygen atoms in total. The van der Waals surface area contributed by atoms with Crippen LogP contribution in [-0.2, 0) is 13.0 Å². The van der Waals surface area contributed by atoms with Gasteiger partial charge < -0.3 is 4.74 Å². The number of aromatic nitrogens is 3. The van der Waals surface area contributed by atoms with E-state index in [1.165, 1.54) is 5.56 Å². The molecule has 23 heavy (non-hydrogen) atoms. The first-order valence-electron chi connectivity index (χ1n) is 8.26. The minimum atomic E-state index is 0.467. The van der Waals surface area contributed by atoms with Crippen LogP contribution in [0, 0.1) is 18.3 Å². The Hall–Kier alpha value is -2.35. The standard InChI is InChI=1S/C18H24N4O/c1-3-4-10-18-17(14-19)20-21-22(18)11-5-6-12-23-16-9-7-8-15(2)13-16/h7-9,13H,3-6,10-12H2,1-2H3. The maximum Gasteiger partial charge on any atom is 0.185 e. The number of aryl methyl sites for hydroxylation is 2. The van der Waals surface area contributed by atoms with Gasteiger partial charge in [-0.25, -0.2) is 4.68 Å². The molecule has 0 N–H and O–H groups in total. The number of nitrogens with zero attached hydrogens (tertiary/aromatic N) is 4. The molecule has 0 atom stereocenters. The molecule has 0 saturated heterocycles. The molecule has 0 amide bonds. The highest BCUT2D eigenvalue weighted by molar-refractivity contribution is 5.27. The van der Waals surface area contributed by atoms with E-state index in [4.69, 9.17) is 10.00 Å². The number of unbranched alkanes of at least 4 members (excludes halogenated alkanes) is 2. The van der Waals surface area contributed by atoms with E-state index in [0.717, 1.165) is 50.1 Å². The number of benzene rings is 1. The van der Waals surface area contributed by atoms with Crippen molar-refractivity contribution in [2.45, 2.75) is 52.5 Å². The molecule has 0 bridgehead atoms. The summed E-state index contributed by atoms with van der Waals surface area (Å²) in [7, 11) is 0. The molecule has 1 aromatic heterocycles. The molecule has 5 heteroatoms. The summed E-state index contributed by atoms with van der Waals surface area (Å²) in [6.45, 7) is 5.67. The monoisotopic (exact) mass is 312 g/mol. The van der Waals surface area contributed by atoms with Crippen molar-refractivity contribution in [3.63, 3.8) is 0 Å². The fourth-order valence-electron chi connectivity index (χ4n) is 2.45. The quantitative estimate of drug-likeness (QED) is 0.663. The van der Waals surface area contributed by atoms with Crippen LogP contribution in [0.3, 0.4) is 0 Å². The third-order valence-electron chi connectivity index (χ3n) is 3.73. The molecular formula is C18H24N4O. The zero-order valence-electron chi connectivity index (χ0n) is 14.0. The lowest BCUT2D eigenvalue weighted by Gasteiger charge is -2.08. The van der Waals surface area contributed by atoms with E-state index >= 15 is 0 Å². The van der Waals surface area contributed by atoms with Gasteiger partial charge in [0.1, 0.15) is 11.8 Å². The lowest BCUT2D eigenvalue weighted by Crippen LogP contribution is -2.08. The summed E-state index contributed by atoms with van der Waals surface area (Å²) in [6.07, 6.45) is 4.92. The second kappa shape index (κ2) is 8.94. The van der Waals surface area contributed by atoms with E-state index in [-0.39, 0.29) is 0 Å². The second-order valence-electron chi connectivity index (χ2n) is 5.70. The Bertz CT molecular complexity index is 657. The average Bonchev–Trinajstić information content (AvgIpc) is 2.94. The number of hydrogen-bond donors (Lipinski definition) is 0. The normalized spacial score (nSPS) is 10.5. The van der Waals surface area contributed by atoms with Crippen LogP contribution in [0.1, 0.15) is 49.6 Å². The molecule has 0 aliphatic carbocycles. The van der Waals surface area contributed by atoms with Crippen molar-refractivity contribution in [1.29, 1.82) is 5.26 Å². The Labute approximate surface area is 137 Å². The van der Waals surface area contributed by atoms with Gasteiger partial charge in [0.25, 0.3) is 0 Å². The molecule has 0 radical (unpaired) electrons. The van der Waals surface area contributed by atoms with Crippen molar-refractivity contribution in [3.8, 4) is 11.8 Å². The second-order valence-corrected chi connectivity index (χ2v) is 5.70. The molecule has 2 aromatic rings. The van der Waals surface area contributed by atoms with Crippen LogP contribution in [0.25, 0.3) is 0 Å². The first kappa shape index (κ1) is 17.0. The fourth-order valence-corrected chi connectivity index (χ4v) is 2.45. The van der Waals surface area contributed by atoms with E-state index in [1.807, 2.05) is 22.9 Å². The summed E-state index contributed by atoms with van der Waals surface area (Å²) in [5.41, 5.74) is 2.64. The van der Waals surface area contributed by atoms with E-state index in [9.17, 15) is 0 Å². The number of ether oxygens (including phenoxy) is 1. The minimum absolute atomic E-state index is 0.467. The highest BCUT2D eigenvalue weighted by Crippen LogP contribution is 2.13. The molecule has 122 valence electrons. The van der Waals surface area contributed by atoms with E-state index in [1.54, 1.807) is 0 Å². The number of hydrogen-bond acceptors (Lipinski definition) is 4. The van der Waals surface area contributed by atoms with Gasteiger partial charge in [0.15, 0.2) is 5.69 Å². The zero-order valence-corrected chi connectivity index (χ0v) is 14.0. The minimum Gasteiger partial charge on any atom is -0.494 e. The maximum absolute atomic E-state index is 9.10. The van der Waals surface area contributed by atoms with Crippen molar-refractivity contribution in [3.05, 3.63) is 41.2 Å². The molecule has 0 aliphatic rings. The Morgan fingerprint density at radius 1 is 1.26 bits per heavy atom. The molecule has 0 unspecified atom stereocenters. The Morgan fingerprint density at radius 3 is 2.87 bits per heavy atom. The van der Waals surface area contributed by atoms with Gasteiger partial charge in [-0.3, -0.25) is 0 Å². The molecule has 0 saturated carbocycles. The van der Waals surface area contributed by atoms with Crippen LogP contribution in [0.5, 0.6) is 5.75 Å². The van der Waals surface area contributed by atoms with Gasteiger partial charge in [-0.2, -0.15) is 5.26 Å². The van der Waals surface area contributed by atoms with Crippen molar-refractivity contribution in [2.24, 2.45) is 0 Å². The topological polar surface area (TPSA) is 63.7 Å². The predicted octanol–water partition coefficient (Wildman–Crippen LogP) is 3.66. The summed E-state index contributed by atoms with van der Waals surface area (Å²) >= 11 is 0. The lowest BCUT2D eigenvalue weighted by atomic mass is 10.1. The molecule has 1 aromatic carbocycles. The first-order valence-corrected chi connectivity index (χ1v) is 8.26. The third kappa shape index (κ3) is 5.10. The first-order chi connectivity index (χ1) is 11.2. The zero-order chi connectivity index (χ0) is 16.5. The molecule has 2 rings (SSSR count). The third-order valence-corrected chi connectivity index (χ3v) is 3.73. The largest absolute Gasteiger partial charge is 0.494 e. The van der Waals surface area contributed by atoms with Crippen LogP contribution in [0.15, 0.2) is 24.3 Å². The van der Waals surface area contributed by atoms with Crippen LogP contribution in [0.2, 0.25) is 0 Å². The molecular weight excluding hydrogens is 288 g/mol. The van der Waals surface area contributed by atoms with Gasteiger partial charge >= 0.3 is 0 Å². The van der Waals surface area contributed by atoms with Gasteiger partial charge in [0, 0.05) is 6.54 Å². The lowest BCUT2D eigenvalue weighted by molar-refractivity contribution is 0.301. The summed E-state index contributed by atoms with van der Waals surface area (Å²) in [5, 5.41) is 17.2. The summed E-state index contributed by atoms with van der Waals surface area (Å²) in [4.78, 5) is 0. The van der Waals surface area contributed by atoms with Crippen LogP contribution < -0.4 is 4.74 Å². The number of nitriles is 1. The SMILES string of the molecule is CCCCc1c(C#N)nnn1CCCCOc1cccc(C)c1. The smallest absolute Gasteiger partial charge is 0.185 e. The molecule has 0 fully saturated rings. The average molecular weight is 312 g/mol. The van der Waals surface area contributed by atoms with Gasteiger partial charge in [0.05, 0.1) is 12.3 Å². The van der Waals surface area contributed by atoms with Gasteiger partial charge in [0.2, 0.25) is 0 Å². The van der Waals surface area contributed by atoms with Crippen LogP contribution in [0.4, 0.5) is 0 Å². The van der Waals surface area contributed by atoms with E-state index < -0.39 is 0 Å².